The van der Waals surface area contributed by atoms with E-state index < -0.39 is 24.1 Å². The molecule has 2 aromatic heterocycles. The van der Waals surface area contributed by atoms with Gasteiger partial charge in [-0.15, -0.1) is 0 Å². The minimum absolute atomic E-state index is 1.06. The molecule has 2 atom stereocenters. The fourth-order valence-electron chi connectivity index (χ4n) is 5.56. The van der Waals surface area contributed by atoms with Gasteiger partial charge < -0.3 is 35.2 Å². The number of hydrogen-bond acceptors (Lipinski definition) is 8. The molecule has 0 bridgehead atoms. The molecule has 2 aliphatic rings. The molecule has 1 fully saturated rings. The number of pyridine rings is 1. The highest BCUT2D eigenvalue weighted by molar-refractivity contribution is 5.91. The van der Waals surface area contributed by atoms with E-state index in [1.54, 1.807) is 5.56 Å². The first-order valence-electron chi connectivity index (χ1n) is 13.6. The molecule has 0 aliphatic carbocycles. The summed E-state index contributed by atoms with van der Waals surface area (Å²) in [6.07, 6.45) is 0.971. The smallest absolute Gasteiger partial charge is 0.335 e. The van der Waals surface area contributed by atoms with Gasteiger partial charge >= 0.3 is 11.9 Å². The summed E-state index contributed by atoms with van der Waals surface area (Å²) in [5, 5.41) is 37.4. The van der Waals surface area contributed by atoms with E-state index in [4.69, 9.17) is 20.4 Å². The SMILES string of the molecule is CNc1cc2c3c(c1)c(CCN1CCN(c4cc(C)ccn4)CC1)c(C)n3CCC2.O=C(O)C(O)C(O)C(=O)O. The van der Waals surface area contributed by atoms with Crippen LogP contribution in [0.15, 0.2) is 30.5 Å². The van der Waals surface area contributed by atoms with E-state index in [1.807, 2.05) is 13.2 Å². The van der Waals surface area contributed by atoms with Crippen LogP contribution in [0.5, 0.6) is 0 Å². The van der Waals surface area contributed by atoms with Gasteiger partial charge in [0.15, 0.2) is 12.2 Å². The van der Waals surface area contributed by atoms with Crippen molar-refractivity contribution in [2.75, 3.05) is 50.0 Å². The Morgan fingerprint density at radius 3 is 2.27 bits per heavy atom. The van der Waals surface area contributed by atoms with Crippen molar-refractivity contribution in [3.8, 4) is 0 Å². The normalized spacial score (nSPS) is 16.7. The molecule has 2 aliphatic heterocycles. The minimum atomic E-state index is -2.27. The van der Waals surface area contributed by atoms with Crippen LogP contribution in [0.3, 0.4) is 0 Å². The molecule has 0 radical (unpaired) electrons. The van der Waals surface area contributed by atoms with Gasteiger partial charge in [-0.1, -0.05) is 0 Å². The Morgan fingerprint density at radius 2 is 1.68 bits per heavy atom. The summed E-state index contributed by atoms with van der Waals surface area (Å²) in [5.74, 6) is -2.41. The summed E-state index contributed by atoms with van der Waals surface area (Å²) < 4.78 is 2.57. The monoisotopic (exact) mass is 553 g/mol. The van der Waals surface area contributed by atoms with E-state index in [-0.39, 0.29) is 0 Å². The Bertz CT molecular complexity index is 1350. The predicted molar refractivity (Wildman–Crippen MR) is 153 cm³/mol. The van der Waals surface area contributed by atoms with Crippen LogP contribution in [0.25, 0.3) is 10.9 Å². The molecule has 0 spiro atoms. The maximum atomic E-state index is 9.77. The molecule has 11 heteroatoms. The van der Waals surface area contributed by atoms with Crippen LogP contribution < -0.4 is 10.2 Å². The molecule has 40 heavy (non-hydrogen) atoms. The molecule has 11 nitrogen and oxygen atoms in total. The molecular weight excluding hydrogens is 514 g/mol. The van der Waals surface area contributed by atoms with E-state index in [1.165, 1.54) is 46.3 Å². The molecule has 3 aromatic rings. The molecule has 216 valence electrons. The lowest BCUT2D eigenvalue weighted by Crippen LogP contribution is -2.47. The second-order valence-corrected chi connectivity index (χ2v) is 10.4. The van der Waals surface area contributed by atoms with Gasteiger partial charge in [0.05, 0.1) is 5.52 Å². The third-order valence-corrected chi connectivity index (χ3v) is 7.82. The number of benzene rings is 1. The van der Waals surface area contributed by atoms with Crippen LogP contribution in [0.1, 0.15) is 28.8 Å². The van der Waals surface area contributed by atoms with Crippen LogP contribution in [0.4, 0.5) is 11.5 Å². The molecule has 1 aromatic carbocycles. The zero-order valence-corrected chi connectivity index (χ0v) is 23.3. The maximum Gasteiger partial charge on any atom is 0.335 e. The molecule has 5 N–H and O–H groups in total. The Balaban J connectivity index is 0.000000318. The van der Waals surface area contributed by atoms with Crippen LogP contribution in [-0.4, -0.2) is 98.8 Å². The van der Waals surface area contributed by atoms with Crippen LogP contribution in [0, 0.1) is 13.8 Å². The standard InChI is InChI=1S/C25H33N5.C4H6O6/c1-18-6-8-27-24(15-18)29-13-11-28(12-14-29)10-7-22-19(2)30-9-4-5-20-16-21(26-3)17-23(22)25(20)30;5-1(3(7)8)2(6)4(9)10/h6,8,15-17,26H,4-5,7,9-14H2,1-3H3;1-2,5-6H,(H,7,8)(H,9,10). The molecule has 0 amide bonds. The molecule has 1 saturated heterocycles. The molecular formula is C29H39N5O6. The number of aliphatic hydroxyl groups excluding tert-OH is 2. The van der Waals surface area contributed by atoms with E-state index in [0.717, 1.165) is 51.5 Å². The Hall–Kier alpha value is -3.67. The molecule has 0 saturated carbocycles. The Kier molecular flexibility index (Phi) is 9.28. The van der Waals surface area contributed by atoms with Crippen molar-refractivity contribution in [2.45, 2.75) is 51.9 Å². The van der Waals surface area contributed by atoms with E-state index in [0.29, 0.717) is 0 Å². The van der Waals surface area contributed by atoms with Crippen LogP contribution in [0.2, 0.25) is 0 Å². The van der Waals surface area contributed by atoms with Crippen LogP contribution in [-0.2, 0) is 29.0 Å². The fraction of sp³-hybridized carbons (Fsp3) is 0.483. The van der Waals surface area contributed by atoms with Crippen molar-refractivity contribution in [3.63, 3.8) is 0 Å². The number of nitrogens with zero attached hydrogens (tertiary/aromatic N) is 4. The summed E-state index contributed by atoms with van der Waals surface area (Å²) in [7, 11) is 2.03. The lowest BCUT2D eigenvalue weighted by atomic mass is 10.00. The lowest BCUT2D eigenvalue weighted by molar-refractivity contribution is -0.165. The van der Waals surface area contributed by atoms with Crippen molar-refractivity contribution in [1.29, 1.82) is 0 Å². The highest BCUT2D eigenvalue weighted by Crippen LogP contribution is 2.35. The number of carboxylic acids is 2. The van der Waals surface area contributed by atoms with Gasteiger partial charge in [-0.3, -0.25) is 4.90 Å². The van der Waals surface area contributed by atoms with Gasteiger partial charge in [0.2, 0.25) is 0 Å². The topological polar surface area (TPSA) is 151 Å². The van der Waals surface area contributed by atoms with E-state index in [9.17, 15) is 9.59 Å². The minimum Gasteiger partial charge on any atom is -0.479 e. The van der Waals surface area contributed by atoms with Crippen molar-refractivity contribution in [1.82, 2.24) is 14.5 Å². The number of aliphatic hydroxyl groups is 2. The summed E-state index contributed by atoms with van der Waals surface area (Å²) in [4.78, 5) is 29.2. The summed E-state index contributed by atoms with van der Waals surface area (Å²) >= 11 is 0. The van der Waals surface area contributed by atoms with Gasteiger partial charge in [-0.25, -0.2) is 14.6 Å². The highest BCUT2D eigenvalue weighted by atomic mass is 16.4. The summed E-state index contributed by atoms with van der Waals surface area (Å²) in [5.41, 5.74) is 8.55. The van der Waals surface area contributed by atoms with Crippen molar-refractivity contribution in [3.05, 3.63) is 52.8 Å². The van der Waals surface area contributed by atoms with E-state index >= 15 is 0 Å². The Morgan fingerprint density at radius 1 is 1.00 bits per heavy atom. The predicted octanol–water partition coefficient (Wildman–Crippen LogP) is 1.88. The van der Waals surface area contributed by atoms with Crippen molar-refractivity contribution >= 4 is 34.3 Å². The number of aliphatic carboxylic acids is 2. The summed E-state index contributed by atoms with van der Waals surface area (Å²) in [6.45, 7) is 11.1. The number of carboxylic acid groups (broad SMARTS) is 2. The number of nitrogens with one attached hydrogen (secondary N) is 1. The van der Waals surface area contributed by atoms with Crippen molar-refractivity contribution in [2.24, 2.45) is 0 Å². The second kappa shape index (κ2) is 12.7. The average molecular weight is 554 g/mol. The molecule has 5 rings (SSSR count). The zero-order chi connectivity index (χ0) is 29.0. The molecule has 2 unspecified atom stereocenters. The average Bonchev–Trinajstić information content (AvgIpc) is 3.23. The highest BCUT2D eigenvalue weighted by Gasteiger charge is 2.29. The zero-order valence-electron chi connectivity index (χ0n) is 23.3. The summed E-state index contributed by atoms with van der Waals surface area (Å²) in [6, 6.07) is 8.98. The number of aromatic nitrogens is 2. The van der Waals surface area contributed by atoms with Gasteiger partial charge in [-0.05, 0) is 74.1 Å². The Labute approximate surface area is 233 Å². The maximum absolute atomic E-state index is 9.77. The fourth-order valence-corrected chi connectivity index (χ4v) is 5.56. The first-order valence-corrected chi connectivity index (χ1v) is 13.6. The van der Waals surface area contributed by atoms with Crippen LogP contribution >= 0.6 is 0 Å². The van der Waals surface area contributed by atoms with Gasteiger partial charge in [0.25, 0.3) is 0 Å². The van der Waals surface area contributed by atoms with Crippen molar-refractivity contribution < 1.29 is 30.0 Å². The third-order valence-electron chi connectivity index (χ3n) is 7.82. The van der Waals surface area contributed by atoms with Gasteiger partial charge in [0.1, 0.15) is 5.82 Å². The number of anilines is 2. The number of aryl methyl sites for hydroxylation is 3. The first kappa shape index (κ1) is 29.3. The number of piperazine rings is 1. The van der Waals surface area contributed by atoms with E-state index in [2.05, 4.69) is 62.8 Å². The largest absolute Gasteiger partial charge is 0.479 e. The quantitative estimate of drug-likeness (QED) is 0.280. The molecule has 4 heterocycles. The number of carbonyl (C=O) groups is 2. The van der Waals surface area contributed by atoms with Gasteiger partial charge in [-0.2, -0.15) is 0 Å². The van der Waals surface area contributed by atoms with Gasteiger partial charge in [0, 0.05) is 69.3 Å². The lowest BCUT2D eigenvalue weighted by Gasteiger charge is -2.35. The second-order valence-electron chi connectivity index (χ2n) is 10.4. The first-order chi connectivity index (χ1) is 19.1. The third kappa shape index (κ3) is 6.38. The number of hydrogen-bond donors (Lipinski definition) is 5. The number of rotatable bonds is 8.